The Morgan fingerprint density at radius 2 is 1.92 bits per heavy atom. The summed E-state index contributed by atoms with van der Waals surface area (Å²) >= 11 is 0. The fourth-order valence-corrected chi connectivity index (χ4v) is 1.26. The second kappa shape index (κ2) is 3.29. The largest absolute Gasteiger partial charge is 0.272 e. The van der Waals surface area contributed by atoms with Gasteiger partial charge in [0.05, 0.1) is 5.60 Å². The molecule has 1 aliphatic carbocycles. The molecule has 1 rings (SSSR count). The van der Waals surface area contributed by atoms with E-state index in [1.807, 2.05) is 27.7 Å². The van der Waals surface area contributed by atoms with Gasteiger partial charge in [-0.15, -0.1) is 0 Å². The smallest absolute Gasteiger partial charge is 0.249 e. The van der Waals surface area contributed by atoms with Crippen molar-refractivity contribution in [1.82, 2.24) is 5.48 Å². The molecule has 1 aliphatic rings. The Bertz CT molecular complexity index is 201. The zero-order chi connectivity index (χ0) is 10.1. The van der Waals surface area contributed by atoms with Gasteiger partial charge >= 0.3 is 0 Å². The molecule has 1 N–H and O–H groups in total. The monoisotopic (exact) mass is 185 g/mol. The van der Waals surface area contributed by atoms with Crippen molar-refractivity contribution in [2.24, 2.45) is 5.41 Å². The molecule has 1 saturated carbocycles. The molecule has 0 saturated heterocycles. The lowest BCUT2D eigenvalue weighted by Gasteiger charge is -2.36. The van der Waals surface area contributed by atoms with E-state index in [9.17, 15) is 4.79 Å². The maximum absolute atomic E-state index is 11.6. The van der Waals surface area contributed by atoms with Gasteiger partial charge in [-0.1, -0.05) is 13.3 Å². The summed E-state index contributed by atoms with van der Waals surface area (Å²) in [6.45, 7) is 7.72. The summed E-state index contributed by atoms with van der Waals surface area (Å²) in [6.07, 6.45) is 3.11. The van der Waals surface area contributed by atoms with Crippen molar-refractivity contribution in [3.63, 3.8) is 0 Å². The number of hydrogen-bond acceptors (Lipinski definition) is 2. The van der Waals surface area contributed by atoms with Crippen molar-refractivity contribution >= 4 is 5.91 Å². The van der Waals surface area contributed by atoms with Crippen LogP contribution in [0.1, 0.15) is 47.0 Å². The van der Waals surface area contributed by atoms with Crippen LogP contribution in [0.25, 0.3) is 0 Å². The quantitative estimate of drug-likeness (QED) is 0.668. The zero-order valence-electron chi connectivity index (χ0n) is 8.94. The predicted molar refractivity (Wildman–Crippen MR) is 50.9 cm³/mol. The van der Waals surface area contributed by atoms with Crippen LogP contribution in [0.3, 0.4) is 0 Å². The standard InChI is InChI=1S/C10H19NO2/c1-9(2,3)13-11-8(12)10(4)6-5-7-10/h5-7H2,1-4H3,(H,11,12). The van der Waals surface area contributed by atoms with Crippen LogP contribution in [0.5, 0.6) is 0 Å². The molecule has 0 unspecified atom stereocenters. The number of carbonyl (C=O) groups excluding carboxylic acids is 1. The van der Waals surface area contributed by atoms with Crippen molar-refractivity contribution in [1.29, 1.82) is 0 Å². The average Bonchev–Trinajstić information content (AvgIpc) is 1.94. The first-order valence-electron chi connectivity index (χ1n) is 4.82. The van der Waals surface area contributed by atoms with Crippen molar-refractivity contribution in [2.45, 2.75) is 52.6 Å². The molecule has 0 heterocycles. The highest BCUT2D eigenvalue weighted by Gasteiger charge is 2.39. The van der Waals surface area contributed by atoms with Gasteiger partial charge in [-0.05, 0) is 33.6 Å². The van der Waals surface area contributed by atoms with Gasteiger partial charge in [0.1, 0.15) is 0 Å². The molecule has 3 nitrogen and oxygen atoms in total. The first-order chi connectivity index (χ1) is 5.83. The molecule has 0 bridgehead atoms. The summed E-state index contributed by atoms with van der Waals surface area (Å²) in [5.41, 5.74) is 2.04. The molecule has 0 aromatic heterocycles. The van der Waals surface area contributed by atoms with Crippen LogP contribution in [-0.2, 0) is 9.63 Å². The first-order valence-corrected chi connectivity index (χ1v) is 4.82. The normalized spacial score (nSPS) is 20.6. The molecular formula is C10H19NO2. The number of hydroxylamine groups is 1. The Morgan fingerprint density at radius 3 is 2.23 bits per heavy atom. The van der Waals surface area contributed by atoms with Gasteiger partial charge in [0.15, 0.2) is 0 Å². The maximum Gasteiger partial charge on any atom is 0.249 e. The van der Waals surface area contributed by atoms with Crippen LogP contribution in [0.4, 0.5) is 0 Å². The van der Waals surface area contributed by atoms with E-state index >= 15 is 0 Å². The molecule has 1 amide bonds. The molecule has 13 heavy (non-hydrogen) atoms. The molecule has 0 aliphatic heterocycles. The Balaban J connectivity index is 2.34. The molecule has 0 aromatic carbocycles. The molecule has 0 aromatic rings. The molecule has 76 valence electrons. The molecule has 0 spiro atoms. The third-order valence-electron chi connectivity index (χ3n) is 2.46. The molecule has 0 radical (unpaired) electrons. The molecule has 3 heteroatoms. The summed E-state index contributed by atoms with van der Waals surface area (Å²) in [5.74, 6) is 0.0219. The number of nitrogens with one attached hydrogen (secondary N) is 1. The van der Waals surface area contributed by atoms with Crippen LogP contribution in [-0.4, -0.2) is 11.5 Å². The zero-order valence-corrected chi connectivity index (χ0v) is 8.94. The predicted octanol–water partition coefficient (Wildman–Crippen LogP) is 2.02. The number of hydrogen-bond donors (Lipinski definition) is 1. The third-order valence-corrected chi connectivity index (χ3v) is 2.46. The second-order valence-corrected chi connectivity index (χ2v) is 5.06. The minimum atomic E-state index is -0.310. The van der Waals surface area contributed by atoms with Gasteiger partial charge < -0.3 is 0 Å². The fraction of sp³-hybridized carbons (Fsp3) is 0.900. The van der Waals surface area contributed by atoms with Crippen LogP contribution in [0, 0.1) is 5.41 Å². The van der Waals surface area contributed by atoms with Crippen LogP contribution in [0.15, 0.2) is 0 Å². The Hall–Kier alpha value is -0.570. The highest BCUT2D eigenvalue weighted by atomic mass is 16.7. The topological polar surface area (TPSA) is 38.3 Å². The second-order valence-electron chi connectivity index (χ2n) is 5.06. The summed E-state index contributed by atoms with van der Waals surface area (Å²) in [4.78, 5) is 16.8. The minimum absolute atomic E-state index is 0.0219. The van der Waals surface area contributed by atoms with Crippen LogP contribution in [0.2, 0.25) is 0 Å². The maximum atomic E-state index is 11.6. The van der Waals surface area contributed by atoms with E-state index in [0.717, 1.165) is 19.3 Å². The minimum Gasteiger partial charge on any atom is -0.272 e. The number of carbonyl (C=O) groups is 1. The lowest BCUT2D eigenvalue weighted by molar-refractivity contribution is -0.159. The lowest BCUT2D eigenvalue weighted by atomic mass is 9.70. The van der Waals surface area contributed by atoms with E-state index in [4.69, 9.17) is 4.84 Å². The van der Waals surface area contributed by atoms with Gasteiger partial charge in [0.25, 0.3) is 0 Å². The SMILES string of the molecule is CC(C)(C)ONC(=O)C1(C)CCC1. The van der Waals surface area contributed by atoms with Crippen LogP contribution >= 0.6 is 0 Å². The van der Waals surface area contributed by atoms with E-state index < -0.39 is 0 Å². The van der Waals surface area contributed by atoms with Gasteiger partial charge in [0, 0.05) is 5.41 Å². The van der Waals surface area contributed by atoms with E-state index in [0.29, 0.717) is 0 Å². The van der Waals surface area contributed by atoms with Gasteiger partial charge in [-0.2, -0.15) is 0 Å². The van der Waals surface area contributed by atoms with Crippen molar-refractivity contribution < 1.29 is 9.63 Å². The van der Waals surface area contributed by atoms with Gasteiger partial charge in [-0.25, -0.2) is 5.48 Å². The molecule has 1 fully saturated rings. The van der Waals surface area contributed by atoms with Crippen LogP contribution < -0.4 is 5.48 Å². The van der Waals surface area contributed by atoms with E-state index in [1.54, 1.807) is 0 Å². The fourth-order valence-electron chi connectivity index (χ4n) is 1.26. The Kier molecular flexibility index (Phi) is 2.66. The molecule has 0 atom stereocenters. The van der Waals surface area contributed by atoms with Crippen molar-refractivity contribution in [2.75, 3.05) is 0 Å². The lowest BCUT2D eigenvalue weighted by Crippen LogP contribution is -2.45. The van der Waals surface area contributed by atoms with E-state index in [-0.39, 0.29) is 16.9 Å². The van der Waals surface area contributed by atoms with Crippen molar-refractivity contribution in [3.8, 4) is 0 Å². The highest BCUT2D eigenvalue weighted by molar-refractivity contribution is 5.82. The summed E-state index contributed by atoms with van der Waals surface area (Å²) < 4.78 is 0. The van der Waals surface area contributed by atoms with E-state index in [1.165, 1.54) is 0 Å². The van der Waals surface area contributed by atoms with Crippen molar-refractivity contribution in [3.05, 3.63) is 0 Å². The average molecular weight is 185 g/mol. The number of amides is 1. The van der Waals surface area contributed by atoms with E-state index in [2.05, 4.69) is 5.48 Å². The molecular weight excluding hydrogens is 166 g/mol. The third kappa shape index (κ3) is 2.69. The first kappa shape index (κ1) is 10.5. The Morgan fingerprint density at radius 1 is 1.38 bits per heavy atom. The summed E-state index contributed by atoms with van der Waals surface area (Å²) in [5, 5.41) is 0. The Labute approximate surface area is 79.8 Å². The van der Waals surface area contributed by atoms with Gasteiger partial charge in [0.2, 0.25) is 5.91 Å². The number of rotatable bonds is 2. The summed E-state index contributed by atoms with van der Waals surface area (Å²) in [7, 11) is 0. The summed E-state index contributed by atoms with van der Waals surface area (Å²) in [6, 6.07) is 0. The van der Waals surface area contributed by atoms with Gasteiger partial charge in [-0.3, -0.25) is 9.63 Å². The highest BCUT2D eigenvalue weighted by Crippen LogP contribution is 2.40.